The third-order valence-corrected chi connectivity index (χ3v) is 6.07. The Balaban J connectivity index is 1.46. The molecule has 2 aromatic carbocycles. The number of likely N-dealkylation sites (tertiary alicyclic amines) is 1. The SMILES string of the molecule is COc1cc(N)c(Cl)cc1C(=O)NCC1CCN(CC(COc2ccccc2)OC(N)=O)CC1. The molecule has 1 atom stereocenters. The van der Waals surface area contributed by atoms with Crippen LogP contribution in [0.25, 0.3) is 0 Å². The molecular weight excluding hydrogens is 460 g/mol. The number of nitrogens with zero attached hydrogens (tertiary/aromatic N) is 1. The lowest BCUT2D eigenvalue weighted by molar-refractivity contribution is 0.0367. The summed E-state index contributed by atoms with van der Waals surface area (Å²) in [4.78, 5) is 26.2. The first kappa shape index (κ1) is 25.5. The van der Waals surface area contributed by atoms with Crippen molar-refractivity contribution in [2.24, 2.45) is 11.7 Å². The number of carbonyl (C=O) groups is 2. The van der Waals surface area contributed by atoms with Crippen LogP contribution in [0.15, 0.2) is 42.5 Å². The lowest BCUT2D eigenvalue weighted by atomic mass is 9.96. The summed E-state index contributed by atoms with van der Waals surface area (Å²) >= 11 is 6.07. The molecule has 1 aliphatic heterocycles. The number of hydrogen-bond donors (Lipinski definition) is 3. The van der Waals surface area contributed by atoms with E-state index >= 15 is 0 Å². The summed E-state index contributed by atoms with van der Waals surface area (Å²) in [6, 6.07) is 12.4. The average Bonchev–Trinajstić information content (AvgIpc) is 2.83. The Labute approximate surface area is 204 Å². The standard InChI is InChI=1S/C24H31ClN4O5/c1-32-22-12-21(26)20(25)11-19(22)23(30)28-13-16-7-9-29(10-8-16)14-18(34-24(27)31)15-33-17-5-3-2-4-6-17/h2-6,11-12,16,18H,7-10,13-15,26H2,1H3,(H2,27,31)(H,28,30). The van der Waals surface area contributed by atoms with Crippen molar-refractivity contribution < 1.29 is 23.8 Å². The Hall–Kier alpha value is -3.17. The maximum absolute atomic E-state index is 12.7. The topological polar surface area (TPSA) is 129 Å². The van der Waals surface area contributed by atoms with Gasteiger partial charge in [-0.25, -0.2) is 4.79 Å². The van der Waals surface area contributed by atoms with E-state index in [1.807, 2.05) is 30.3 Å². The molecule has 9 nitrogen and oxygen atoms in total. The zero-order valence-electron chi connectivity index (χ0n) is 19.2. The van der Waals surface area contributed by atoms with Crippen LogP contribution in [0.4, 0.5) is 10.5 Å². The molecule has 2 amide bonds. The number of halogens is 1. The minimum Gasteiger partial charge on any atom is -0.496 e. The molecule has 0 bridgehead atoms. The van der Waals surface area contributed by atoms with Crippen molar-refractivity contribution in [3.8, 4) is 11.5 Å². The van der Waals surface area contributed by atoms with Crippen LogP contribution in [-0.2, 0) is 4.74 Å². The van der Waals surface area contributed by atoms with Crippen LogP contribution in [0.3, 0.4) is 0 Å². The number of methoxy groups -OCH3 is 1. The van der Waals surface area contributed by atoms with E-state index in [9.17, 15) is 9.59 Å². The first-order valence-electron chi connectivity index (χ1n) is 11.1. The van der Waals surface area contributed by atoms with Gasteiger partial charge in [0.05, 0.1) is 23.4 Å². The van der Waals surface area contributed by atoms with Crippen LogP contribution in [0.2, 0.25) is 5.02 Å². The number of ether oxygens (including phenoxy) is 3. The number of benzene rings is 2. The minimum atomic E-state index is -0.822. The van der Waals surface area contributed by atoms with Gasteiger partial charge in [-0.05, 0) is 50.0 Å². The van der Waals surface area contributed by atoms with E-state index in [0.29, 0.717) is 46.8 Å². The highest BCUT2D eigenvalue weighted by atomic mass is 35.5. The van der Waals surface area contributed by atoms with Gasteiger partial charge >= 0.3 is 6.09 Å². The van der Waals surface area contributed by atoms with Crippen LogP contribution in [-0.4, -0.2) is 62.9 Å². The molecule has 1 heterocycles. The van der Waals surface area contributed by atoms with E-state index in [4.69, 9.17) is 37.3 Å². The largest absolute Gasteiger partial charge is 0.496 e. The van der Waals surface area contributed by atoms with Crippen LogP contribution >= 0.6 is 11.6 Å². The molecule has 0 aromatic heterocycles. The number of amides is 2. The fourth-order valence-corrected chi connectivity index (χ4v) is 4.07. The first-order valence-corrected chi connectivity index (χ1v) is 11.5. The van der Waals surface area contributed by atoms with Crippen LogP contribution < -0.4 is 26.3 Å². The molecule has 1 aliphatic rings. The fraction of sp³-hybridized carbons (Fsp3) is 0.417. The number of hydrogen-bond acceptors (Lipinski definition) is 7. The second-order valence-electron chi connectivity index (χ2n) is 8.21. The minimum absolute atomic E-state index is 0.217. The van der Waals surface area contributed by atoms with Gasteiger partial charge in [0.25, 0.3) is 5.91 Å². The van der Waals surface area contributed by atoms with E-state index in [0.717, 1.165) is 25.9 Å². The predicted octanol–water partition coefficient (Wildman–Crippen LogP) is 2.92. The van der Waals surface area contributed by atoms with Crippen molar-refractivity contribution >= 4 is 29.3 Å². The van der Waals surface area contributed by atoms with Crippen LogP contribution in [0.5, 0.6) is 11.5 Å². The molecule has 0 radical (unpaired) electrons. The van der Waals surface area contributed by atoms with Crippen LogP contribution in [0.1, 0.15) is 23.2 Å². The number of carbonyl (C=O) groups excluding carboxylic acids is 2. The molecule has 0 saturated carbocycles. The van der Waals surface area contributed by atoms with Crippen molar-refractivity contribution in [2.75, 3.05) is 45.6 Å². The van der Waals surface area contributed by atoms with Gasteiger partial charge in [0.2, 0.25) is 0 Å². The zero-order valence-corrected chi connectivity index (χ0v) is 19.9. The van der Waals surface area contributed by atoms with Gasteiger partial charge in [0.15, 0.2) is 6.10 Å². The molecule has 3 rings (SSSR count). The number of nitrogen functional groups attached to an aromatic ring is 1. The molecule has 5 N–H and O–H groups in total. The van der Waals surface area contributed by atoms with Crippen molar-refractivity contribution in [1.29, 1.82) is 0 Å². The lowest BCUT2D eigenvalue weighted by Crippen LogP contribution is -2.44. The van der Waals surface area contributed by atoms with Gasteiger partial charge in [-0.15, -0.1) is 0 Å². The normalized spacial score (nSPS) is 15.4. The van der Waals surface area contributed by atoms with Crippen molar-refractivity contribution in [3.05, 3.63) is 53.1 Å². The number of piperidine rings is 1. The molecule has 2 aromatic rings. The molecule has 1 unspecified atom stereocenters. The van der Waals surface area contributed by atoms with E-state index in [2.05, 4.69) is 10.2 Å². The smallest absolute Gasteiger partial charge is 0.404 e. The number of para-hydroxylation sites is 1. The molecule has 184 valence electrons. The maximum atomic E-state index is 12.7. The Morgan fingerprint density at radius 3 is 2.56 bits per heavy atom. The summed E-state index contributed by atoms with van der Waals surface area (Å²) in [7, 11) is 1.48. The van der Waals surface area contributed by atoms with E-state index in [1.165, 1.54) is 13.2 Å². The van der Waals surface area contributed by atoms with Gasteiger partial charge < -0.3 is 31.0 Å². The van der Waals surface area contributed by atoms with E-state index < -0.39 is 12.2 Å². The third kappa shape index (κ3) is 7.43. The highest BCUT2D eigenvalue weighted by Crippen LogP contribution is 2.29. The van der Waals surface area contributed by atoms with Crippen molar-refractivity contribution in [3.63, 3.8) is 0 Å². The third-order valence-electron chi connectivity index (χ3n) is 5.75. The maximum Gasteiger partial charge on any atom is 0.404 e. The molecule has 34 heavy (non-hydrogen) atoms. The summed E-state index contributed by atoms with van der Waals surface area (Å²) < 4.78 is 16.3. The van der Waals surface area contributed by atoms with E-state index in [-0.39, 0.29) is 12.5 Å². The van der Waals surface area contributed by atoms with Gasteiger partial charge in [-0.1, -0.05) is 29.8 Å². The summed E-state index contributed by atoms with van der Waals surface area (Å²) in [5.74, 6) is 1.15. The predicted molar refractivity (Wildman–Crippen MR) is 130 cm³/mol. The summed E-state index contributed by atoms with van der Waals surface area (Å²) in [6.07, 6.45) is 0.486. The highest BCUT2D eigenvalue weighted by Gasteiger charge is 2.25. The molecule has 0 aliphatic carbocycles. The zero-order chi connectivity index (χ0) is 24.5. The number of rotatable bonds is 10. The second kappa shape index (κ2) is 12.3. The van der Waals surface area contributed by atoms with Crippen LogP contribution in [0, 0.1) is 5.92 Å². The number of nitrogens with two attached hydrogens (primary N) is 2. The Kier molecular flexibility index (Phi) is 9.24. The summed E-state index contributed by atoms with van der Waals surface area (Å²) in [5.41, 5.74) is 11.7. The molecule has 0 spiro atoms. The Bertz CT molecular complexity index is 967. The Morgan fingerprint density at radius 2 is 1.91 bits per heavy atom. The number of nitrogens with one attached hydrogen (secondary N) is 1. The van der Waals surface area contributed by atoms with Gasteiger partial charge in [0.1, 0.15) is 18.1 Å². The van der Waals surface area contributed by atoms with Gasteiger partial charge in [-0.3, -0.25) is 9.69 Å². The highest BCUT2D eigenvalue weighted by molar-refractivity contribution is 6.33. The Morgan fingerprint density at radius 1 is 1.21 bits per heavy atom. The second-order valence-corrected chi connectivity index (χ2v) is 8.62. The summed E-state index contributed by atoms with van der Waals surface area (Å²) in [5, 5.41) is 3.28. The van der Waals surface area contributed by atoms with Crippen molar-refractivity contribution in [1.82, 2.24) is 10.2 Å². The van der Waals surface area contributed by atoms with Gasteiger partial charge in [-0.2, -0.15) is 0 Å². The number of primary amides is 1. The van der Waals surface area contributed by atoms with Crippen molar-refractivity contribution in [2.45, 2.75) is 18.9 Å². The average molecular weight is 491 g/mol. The summed E-state index contributed by atoms with van der Waals surface area (Å²) in [6.45, 7) is 2.89. The molecule has 1 fully saturated rings. The lowest BCUT2D eigenvalue weighted by Gasteiger charge is -2.34. The molecule has 10 heteroatoms. The quantitative estimate of drug-likeness (QED) is 0.436. The molecular formula is C24H31ClN4O5. The van der Waals surface area contributed by atoms with E-state index in [1.54, 1.807) is 6.07 Å². The van der Waals surface area contributed by atoms with Gasteiger partial charge in [0, 0.05) is 19.2 Å². The molecule has 1 saturated heterocycles. The fourth-order valence-electron chi connectivity index (χ4n) is 3.90. The number of anilines is 1. The monoisotopic (exact) mass is 490 g/mol. The first-order chi connectivity index (χ1) is 16.4.